The first-order chi connectivity index (χ1) is 9.78. The minimum Gasteiger partial charge on any atom is -0.359 e. The lowest BCUT2D eigenvalue weighted by atomic mass is 10.2. The number of carbonyl (C=O) groups is 1. The lowest BCUT2D eigenvalue weighted by Crippen LogP contribution is -2.24. The lowest BCUT2D eigenvalue weighted by Gasteiger charge is -2.01. The van der Waals surface area contributed by atoms with Gasteiger partial charge in [-0.2, -0.15) is 0 Å². The van der Waals surface area contributed by atoms with Crippen LogP contribution in [0.5, 0.6) is 0 Å². The van der Waals surface area contributed by atoms with Crippen LogP contribution in [-0.4, -0.2) is 26.8 Å². The fourth-order valence-corrected chi connectivity index (χ4v) is 2.17. The molecule has 0 spiro atoms. The van der Waals surface area contributed by atoms with Gasteiger partial charge in [-0.05, 0) is 12.5 Å². The van der Waals surface area contributed by atoms with Crippen LogP contribution in [0.15, 0.2) is 34.2 Å². The molecule has 0 radical (unpaired) electrons. The number of rotatable bonds is 7. The van der Waals surface area contributed by atoms with Gasteiger partial charge in [-0.25, -0.2) is 9.97 Å². The van der Waals surface area contributed by atoms with E-state index in [0.29, 0.717) is 17.5 Å². The number of nitrogens with zero attached hydrogens (tertiary/aromatic N) is 3. The Labute approximate surface area is 121 Å². The average molecular weight is 292 g/mol. The average Bonchev–Trinajstić information content (AvgIpc) is 2.92. The van der Waals surface area contributed by atoms with E-state index in [2.05, 4.69) is 27.4 Å². The number of hydrogen-bond donors (Lipinski definition) is 1. The number of aromatic nitrogens is 3. The molecule has 6 nitrogen and oxygen atoms in total. The predicted molar refractivity (Wildman–Crippen MR) is 75.1 cm³/mol. The first kappa shape index (κ1) is 14.5. The summed E-state index contributed by atoms with van der Waals surface area (Å²) in [4.78, 5) is 19.7. The molecule has 106 valence electrons. The van der Waals surface area contributed by atoms with Crippen molar-refractivity contribution in [3.05, 3.63) is 36.0 Å². The number of amides is 1. The van der Waals surface area contributed by atoms with E-state index in [0.717, 1.165) is 18.5 Å². The standard InChI is InChI=1S/C13H16N4O2S/c1-2-4-10-7-11(19-17-10)8-16-12(18)9-20-13-14-5-3-6-15-13/h3,5-7H,2,4,8-9H2,1H3,(H,16,18). The van der Waals surface area contributed by atoms with Gasteiger partial charge >= 0.3 is 0 Å². The van der Waals surface area contributed by atoms with Crippen LogP contribution in [0.2, 0.25) is 0 Å². The van der Waals surface area contributed by atoms with Crippen LogP contribution in [0, 0.1) is 0 Å². The maximum atomic E-state index is 11.7. The Bertz CT molecular complexity index is 544. The van der Waals surface area contributed by atoms with Gasteiger partial charge in [-0.1, -0.05) is 30.3 Å². The van der Waals surface area contributed by atoms with Gasteiger partial charge < -0.3 is 9.84 Å². The topological polar surface area (TPSA) is 80.9 Å². The molecule has 0 aromatic carbocycles. The molecule has 0 bridgehead atoms. The third-order valence-corrected chi connectivity index (χ3v) is 3.32. The van der Waals surface area contributed by atoms with Crippen molar-refractivity contribution in [3.63, 3.8) is 0 Å². The van der Waals surface area contributed by atoms with Crippen LogP contribution in [0.4, 0.5) is 0 Å². The van der Waals surface area contributed by atoms with Crippen LogP contribution < -0.4 is 5.32 Å². The third kappa shape index (κ3) is 4.65. The molecular weight excluding hydrogens is 276 g/mol. The summed E-state index contributed by atoms with van der Waals surface area (Å²) in [5.74, 6) is 0.860. The van der Waals surface area contributed by atoms with Crippen LogP contribution in [-0.2, 0) is 17.8 Å². The second-order valence-electron chi connectivity index (χ2n) is 4.13. The lowest BCUT2D eigenvalue weighted by molar-refractivity contribution is -0.118. The molecule has 0 aliphatic carbocycles. The Morgan fingerprint density at radius 1 is 1.40 bits per heavy atom. The summed E-state index contributed by atoms with van der Waals surface area (Å²) >= 11 is 1.30. The van der Waals surface area contributed by atoms with Crippen LogP contribution in [0.25, 0.3) is 0 Å². The van der Waals surface area contributed by atoms with Crippen molar-refractivity contribution in [3.8, 4) is 0 Å². The highest BCUT2D eigenvalue weighted by Gasteiger charge is 2.07. The Balaban J connectivity index is 1.71. The largest absolute Gasteiger partial charge is 0.359 e. The molecule has 0 atom stereocenters. The van der Waals surface area contributed by atoms with Gasteiger partial charge in [0.15, 0.2) is 10.9 Å². The molecule has 7 heteroatoms. The van der Waals surface area contributed by atoms with Crippen molar-refractivity contribution in [1.29, 1.82) is 0 Å². The van der Waals surface area contributed by atoms with Crippen molar-refractivity contribution in [2.24, 2.45) is 0 Å². The molecule has 0 saturated heterocycles. The Morgan fingerprint density at radius 2 is 2.20 bits per heavy atom. The second kappa shape index (κ2) is 7.64. The Morgan fingerprint density at radius 3 is 2.95 bits per heavy atom. The minimum atomic E-state index is -0.0871. The normalized spacial score (nSPS) is 10.4. The molecule has 1 amide bonds. The Kier molecular flexibility index (Phi) is 5.55. The van der Waals surface area contributed by atoms with Crippen molar-refractivity contribution < 1.29 is 9.32 Å². The first-order valence-corrected chi connectivity index (χ1v) is 7.37. The number of nitrogens with one attached hydrogen (secondary N) is 1. The monoisotopic (exact) mass is 292 g/mol. The van der Waals surface area contributed by atoms with E-state index in [9.17, 15) is 4.79 Å². The highest BCUT2D eigenvalue weighted by Crippen LogP contribution is 2.10. The summed E-state index contributed by atoms with van der Waals surface area (Å²) in [5, 5.41) is 7.29. The summed E-state index contributed by atoms with van der Waals surface area (Å²) in [7, 11) is 0. The van der Waals surface area contributed by atoms with Gasteiger partial charge in [-0.15, -0.1) is 0 Å². The fourth-order valence-electron chi connectivity index (χ4n) is 1.54. The minimum absolute atomic E-state index is 0.0871. The third-order valence-electron chi connectivity index (χ3n) is 2.45. The van der Waals surface area contributed by atoms with Gasteiger partial charge in [-0.3, -0.25) is 4.79 Å². The van der Waals surface area contributed by atoms with Crippen molar-refractivity contribution in [1.82, 2.24) is 20.4 Å². The quantitative estimate of drug-likeness (QED) is 0.619. The summed E-state index contributed by atoms with van der Waals surface area (Å²) in [5.41, 5.74) is 0.920. The van der Waals surface area contributed by atoms with Gasteiger partial charge in [0.1, 0.15) is 0 Å². The number of thioether (sulfide) groups is 1. The molecule has 2 heterocycles. The zero-order valence-corrected chi connectivity index (χ0v) is 12.0. The maximum absolute atomic E-state index is 11.7. The highest BCUT2D eigenvalue weighted by atomic mass is 32.2. The van der Waals surface area contributed by atoms with Gasteiger partial charge in [0.2, 0.25) is 5.91 Å². The van der Waals surface area contributed by atoms with E-state index in [-0.39, 0.29) is 11.7 Å². The van der Waals surface area contributed by atoms with E-state index in [1.54, 1.807) is 18.5 Å². The summed E-state index contributed by atoms with van der Waals surface area (Å²) < 4.78 is 5.13. The second-order valence-corrected chi connectivity index (χ2v) is 5.07. The SMILES string of the molecule is CCCc1cc(CNC(=O)CSc2ncccn2)on1. The van der Waals surface area contributed by atoms with Crippen LogP contribution in [0.1, 0.15) is 24.8 Å². The van der Waals surface area contributed by atoms with Gasteiger partial charge in [0.25, 0.3) is 0 Å². The maximum Gasteiger partial charge on any atom is 0.230 e. The van der Waals surface area contributed by atoms with E-state index >= 15 is 0 Å². The van der Waals surface area contributed by atoms with Crippen molar-refractivity contribution >= 4 is 17.7 Å². The smallest absolute Gasteiger partial charge is 0.230 e. The summed E-state index contributed by atoms with van der Waals surface area (Å²) in [6, 6.07) is 3.61. The molecule has 2 aromatic rings. The van der Waals surface area contributed by atoms with E-state index in [1.165, 1.54) is 11.8 Å². The number of aryl methyl sites for hydroxylation is 1. The predicted octanol–water partition coefficient (Wildman–Crippen LogP) is 1.83. The van der Waals surface area contributed by atoms with E-state index in [4.69, 9.17) is 4.52 Å². The summed E-state index contributed by atoms with van der Waals surface area (Å²) in [6.45, 7) is 2.44. The van der Waals surface area contributed by atoms with E-state index < -0.39 is 0 Å². The molecule has 20 heavy (non-hydrogen) atoms. The molecule has 0 unspecified atom stereocenters. The fraction of sp³-hybridized carbons (Fsp3) is 0.385. The molecule has 0 aliphatic rings. The molecule has 0 fully saturated rings. The van der Waals surface area contributed by atoms with E-state index in [1.807, 2.05) is 6.07 Å². The summed E-state index contributed by atoms with van der Waals surface area (Å²) in [6.07, 6.45) is 5.21. The first-order valence-electron chi connectivity index (χ1n) is 6.39. The van der Waals surface area contributed by atoms with Crippen LogP contribution in [0.3, 0.4) is 0 Å². The highest BCUT2D eigenvalue weighted by molar-refractivity contribution is 7.99. The molecule has 1 N–H and O–H groups in total. The molecule has 0 aliphatic heterocycles. The van der Waals surface area contributed by atoms with Gasteiger partial charge in [0.05, 0.1) is 18.0 Å². The molecule has 2 rings (SSSR count). The number of carbonyl (C=O) groups excluding carboxylic acids is 1. The van der Waals surface area contributed by atoms with Crippen LogP contribution >= 0.6 is 11.8 Å². The molecule has 2 aromatic heterocycles. The Hall–Kier alpha value is -1.89. The molecular formula is C13H16N4O2S. The molecule has 0 saturated carbocycles. The van der Waals surface area contributed by atoms with Crippen molar-refractivity contribution in [2.75, 3.05) is 5.75 Å². The number of hydrogen-bond acceptors (Lipinski definition) is 6. The van der Waals surface area contributed by atoms with Gasteiger partial charge in [0, 0.05) is 18.5 Å². The zero-order chi connectivity index (χ0) is 14.2. The zero-order valence-electron chi connectivity index (χ0n) is 11.2. The van der Waals surface area contributed by atoms with Crippen molar-refractivity contribution in [2.45, 2.75) is 31.5 Å².